The summed E-state index contributed by atoms with van der Waals surface area (Å²) in [5.74, 6) is 0.752. The summed E-state index contributed by atoms with van der Waals surface area (Å²) in [5.41, 5.74) is 1.02. The molecule has 2 aromatic carbocycles. The van der Waals surface area contributed by atoms with Gasteiger partial charge in [0.15, 0.2) is 6.61 Å². The second-order valence-electron chi connectivity index (χ2n) is 11.0. The van der Waals surface area contributed by atoms with Crippen molar-refractivity contribution in [2.45, 2.75) is 59.7 Å². The first-order valence-corrected chi connectivity index (χ1v) is 16.6. The quantitative estimate of drug-likeness (QED) is 0.153. The molecule has 1 amide bonds. The molecule has 0 spiro atoms. The van der Waals surface area contributed by atoms with Crippen molar-refractivity contribution in [2.75, 3.05) is 15.9 Å². The maximum absolute atomic E-state index is 13.5. The molecule has 0 bridgehead atoms. The van der Waals surface area contributed by atoms with Gasteiger partial charge in [-0.1, -0.05) is 0 Å². The van der Waals surface area contributed by atoms with Crippen LogP contribution in [-0.2, 0) is 14.3 Å². The summed E-state index contributed by atoms with van der Waals surface area (Å²) < 4.78 is 23.8. The van der Waals surface area contributed by atoms with E-state index < -0.39 is 43.4 Å². The molecule has 1 aliphatic rings. The van der Waals surface area contributed by atoms with Gasteiger partial charge in [0.25, 0.3) is 0 Å². The monoisotopic (exact) mass is 658 g/mol. The van der Waals surface area contributed by atoms with Crippen LogP contribution in [-0.4, -0.2) is 50.5 Å². The molecule has 0 unspecified atom stereocenters. The van der Waals surface area contributed by atoms with Crippen molar-refractivity contribution >= 4 is 49.9 Å². The molecular weight excluding hydrogens is 623 g/mol. The number of fused-ring (bicyclic) bond motifs is 1. The minimum atomic E-state index is -1.54. The minimum absolute atomic E-state index is 0.224. The van der Waals surface area contributed by atoms with Crippen LogP contribution in [0.4, 0.5) is 16.3 Å². The fraction of sp³-hybridized carbons (Fsp3) is 0.367. The molecule has 3 aromatic rings. The predicted octanol–water partition coefficient (Wildman–Crippen LogP) is 6.98. The Balaban J connectivity index is 1.64. The van der Waals surface area contributed by atoms with Gasteiger partial charge in [-0.2, -0.15) is 0 Å². The number of rotatable bonds is 7. The molecular formula is C30H35IN4O5. The number of carbonyl (C=O) groups is 2. The van der Waals surface area contributed by atoms with E-state index in [0.717, 1.165) is 9.99 Å². The van der Waals surface area contributed by atoms with Gasteiger partial charge in [0.1, 0.15) is 5.60 Å². The first-order valence-electron chi connectivity index (χ1n) is 13.0. The first-order chi connectivity index (χ1) is 18.8. The Kier molecular flexibility index (Phi) is 8.77. The predicted molar refractivity (Wildman–Crippen MR) is 164 cm³/mol. The molecule has 0 aliphatic carbocycles. The fourth-order valence-corrected chi connectivity index (χ4v) is 7.60. The standard InChI is InChI=1S/C30H35IN4O5/c1-8-31-24-13-12-22(16-21(24)18-33-31)35(28(37)40-30(5,6)7)25-14-15-32-27(34-25)20-10-9-11-23(17-20)38-19-26(36)39-29(2,3)4/h9-18H,8,19H2,1-7H3. The van der Waals surface area contributed by atoms with Gasteiger partial charge >= 0.3 is 201 Å². The maximum atomic E-state index is 13.5. The SMILES string of the molecule is CCI1N=Cc2cc(N(C(=O)OC(C)(C)C)c3ccnc(-c4cccc(OCC(=O)OC(C)(C)C)c4)n3)ccc21. The van der Waals surface area contributed by atoms with Crippen LogP contribution < -0.4 is 9.64 Å². The number of alkyl halides is 1. The van der Waals surface area contributed by atoms with Gasteiger partial charge in [-0.05, 0) is 20.8 Å². The summed E-state index contributed by atoms with van der Waals surface area (Å²) >= 11 is -1.54. The van der Waals surface area contributed by atoms with E-state index in [9.17, 15) is 9.59 Å². The summed E-state index contributed by atoms with van der Waals surface area (Å²) in [6.07, 6.45) is 2.96. The zero-order valence-electron chi connectivity index (χ0n) is 23.9. The van der Waals surface area contributed by atoms with Gasteiger partial charge in [0, 0.05) is 0 Å². The number of benzene rings is 2. The molecule has 0 fully saturated rings. The van der Waals surface area contributed by atoms with Gasteiger partial charge in [-0.3, -0.25) is 0 Å². The van der Waals surface area contributed by atoms with Crippen LogP contribution >= 0.6 is 20.1 Å². The molecule has 0 atom stereocenters. The Hall–Kier alpha value is -3.54. The summed E-state index contributed by atoms with van der Waals surface area (Å²) in [6.45, 7) is 12.8. The third-order valence-electron chi connectivity index (χ3n) is 5.35. The van der Waals surface area contributed by atoms with Crippen LogP contribution in [0, 0.1) is 3.57 Å². The van der Waals surface area contributed by atoms with Crippen molar-refractivity contribution in [1.29, 1.82) is 0 Å². The number of nitrogens with zero attached hydrogens (tertiary/aromatic N) is 4. The Labute approximate surface area is 242 Å². The molecule has 2 heterocycles. The Bertz CT molecular complexity index is 1430. The van der Waals surface area contributed by atoms with Crippen LogP contribution in [0.25, 0.3) is 11.4 Å². The number of amides is 1. The van der Waals surface area contributed by atoms with Crippen LogP contribution in [0.1, 0.15) is 54.0 Å². The number of aromatic nitrogens is 2. The number of halogens is 1. The normalized spacial score (nSPS) is 13.5. The number of hydrogen-bond donors (Lipinski definition) is 0. The van der Waals surface area contributed by atoms with Crippen molar-refractivity contribution < 1.29 is 23.8 Å². The molecule has 0 N–H and O–H groups in total. The van der Waals surface area contributed by atoms with Gasteiger partial charge in [0.2, 0.25) is 0 Å². The number of hydrogen-bond acceptors (Lipinski definition) is 8. The average Bonchev–Trinajstić information content (AvgIpc) is 3.28. The Morgan fingerprint density at radius 1 is 0.950 bits per heavy atom. The van der Waals surface area contributed by atoms with Gasteiger partial charge in [0.05, 0.1) is 0 Å². The molecule has 40 heavy (non-hydrogen) atoms. The number of anilines is 2. The van der Waals surface area contributed by atoms with E-state index in [-0.39, 0.29) is 6.61 Å². The number of ether oxygens (including phenoxy) is 3. The van der Waals surface area contributed by atoms with E-state index in [0.29, 0.717) is 28.6 Å². The zero-order chi connectivity index (χ0) is 29.1. The number of esters is 1. The van der Waals surface area contributed by atoms with Crippen molar-refractivity contribution in [3.8, 4) is 17.1 Å². The third-order valence-corrected chi connectivity index (χ3v) is 10.1. The molecule has 0 radical (unpaired) electrons. The van der Waals surface area contributed by atoms with Gasteiger partial charge in [-0.25, -0.2) is 4.79 Å². The summed E-state index contributed by atoms with van der Waals surface area (Å²) in [5, 5.41) is 0. The molecule has 0 saturated carbocycles. The van der Waals surface area contributed by atoms with E-state index >= 15 is 0 Å². The van der Waals surface area contributed by atoms with E-state index in [4.69, 9.17) is 22.4 Å². The summed E-state index contributed by atoms with van der Waals surface area (Å²) in [4.78, 5) is 36.2. The number of carbonyl (C=O) groups excluding carboxylic acids is 2. The van der Waals surface area contributed by atoms with Crippen LogP contribution in [0.15, 0.2) is 57.9 Å². The molecule has 0 saturated heterocycles. The van der Waals surface area contributed by atoms with Gasteiger partial charge < -0.3 is 4.74 Å². The van der Waals surface area contributed by atoms with Gasteiger partial charge in [-0.15, -0.1) is 0 Å². The van der Waals surface area contributed by atoms with E-state index in [1.807, 2.05) is 45.2 Å². The summed E-state index contributed by atoms with van der Waals surface area (Å²) in [6, 6.07) is 14.7. The summed E-state index contributed by atoms with van der Waals surface area (Å²) in [7, 11) is 0. The second kappa shape index (κ2) is 11.9. The molecule has 212 valence electrons. The zero-order valence-corrected chi connectivity index (χ0v) is 26.1. The van der Waals surface area contributed by atoms with Crippen LogP contribution in [0.3, 0.4) is 0 Å². The van der Waals surface area contributed by atoms with E-state index in [1.165, 1.54) is 8.47 Å². The van der Waals surface area contributed by atoms with Crippen LogP contribution in [0.5, 0.6) is 5.75 Å². The van der Waals surface area contributed by atoms with E-state index in [1.54, 1.807) is 51.2 Å². The topological polar surface area (TPSA) is 103 Å². The molecule has 9 nitrogen and oxygen atoms in total. The van der Waals surface area contributed by atoms with E-state index in [2.05, 4.69) is 18.0 Å². The first kappa shape index (κ1) is 29.4. The molecule has 10 heteroatoms. The second-order valence-corrected chi connectivity index (χ2v) is 16.2. The van der Waals surface area contributed by atoms with Crippen molar-refractivity contribution in [3.63, 3.8) is 0 Å². The molecule has 1 aromatic heterocycles. The van der Waals surface area contributed by atoms with Crippen molar-refractivity contribution in [1.82, 2.24) is 9.97 Å². The van der Waals surface area contributed by atoms with Crippen LogP contribution in [0.2, 0.25) is 0 Å². The molecule has 4 rings (SSSR count). The van der Waals surface area contributed by atoms with Crippen molar-refractivity contribution in [2.24, 2.45) is 3.21 Å². The third kappa shape index (κ3) is 7.56. The Morgan fingerprint density at radius 2 is 1.70 bits per heavy atom. The average molecular weight is 659 g/mol. The van der Waals surface area contributed by atoms with Crippen molar-refractivity contribution in [3.05, 3.63) is 63.9 Å². The molecule has 1 aliphatic heterocycles. The fourth-order valence-electron chi connectivity index (χ4n) is 3.83. The Morgan fingerprint density at radius 3 is 2.40 bits per heavy atom.